The van der Waals surface area contributed by atoms with Gasteiger partial charge in [-0.2, -0.15) is 0 Å². The van der Waals surface area contributed by atoms with Crippen molar-refractivity contribution in [2.45, 2.75) is 26.8 Å². The van der Waals surface area contributed by atoms with Crippen LogP contribution in [0.5, 0.6) is 0 Å². The molecule has 1 rings (SSSR count). The lowest BCUT2D eigenvalue weighted by molar-refractivity contribution is -0.152. The Labute approximate surface area is 123 Å². The van der Waals surface area contributed by atoms with Crippen LogP contribution in [0.4, 0.5) is 0 Å². The Morgan fingerprint density at radius 2 is 2.00 bits per heavy atom. The Balaban J connectivity index is 0.00000289. The molecule has 0 saturated carbocycles. The predicted molar refractivity (Wildman–Crippen MR) is 78.9 cm³/mol. The maximum atomic E-state index is 11.7. The number of aryl methyl sites for hydroxylation is 1. The molecule has 0 spiro atoms. The van der Waals surface area contributed by atoms with Gasteiger partial charge >= 0.3 is 5.97 Å². The van der Waals surface area contributed by atoms with E-state index < -0.39 is 11.5 Å². The van der Waals surface area contributed by atoms with Gasteiger partial charge in [-0.15, -0.1) is 12.4 Å². The number of hydrogen-bond donors (Lipinski definition) is 1. The number of rotatable bonds is 3. The van der Waals surface area contributed by atoms with Crippen LogP contribution in [0.15, 0.2) is 22.7 Å². The second-order valence-electron chi connectivity index (χ2n) is 4.72. The molecule has 0 radical (unpaired) electrons. The van der Waals surface area contributed by atoms with Crippen molar-refractivity contribution in [3.8, 4) is 0 Å². The molecule has 0 aliphatic heterocycles. The summed E-state index contributed by atoms with van der Waals surface area (Å²) in [5.41, 5.74) is 7.46. The van der Waals surface area contributed by atoms with Crippen molar-refractivity contribution in [3.05, 3.63) is 33.8 Å². The summed E-state index contributed by atoms with van der Waals surface area (Å²) in [6, 6.07) is 5.50. The van der Waals surface area contributed by atoms with Gasteiger partial charge in [-0.25, -0.2) is 0 Å². The van der Waals surface area contributed by atoms with E-state index in [1.165, 1.54) is 7.11 Å². The molecule has 0 bridgehead atoms. The summed E-state index contributed by atoms with van der Waals surface area (Å²) < 4.78 is 5.71. The molecule has 0 saturated heterocycles. The molecule has 1 aromatic carbocycles. The SMILES string of the molecule is COC(=O)C(C)(C)[C@H](N)c1ccc(C)cc1Br.Cl. The standard InChI is InChI=1S/C13H18BrNO2.ClH/c1-8-5-6-9(10(14)7-8)11(15)13(2,3)12(16)17-4;/h5-7,11H,15H2,1-4H3;1H/t11-;/m1./s1. The summed E-state index contributed by atoms with van der Waals surface area (Å²) in [5, 5.41) is 0. The Kier molecular flexibility index (Phi) is 6.34. The molecule has 18 heavy (non-hydrogen) atoms. The van der Waals surface area contributed by atoms with Gasteiger partial charge in [0.15, 0.2) is 0 Å². The zero-order valence-corrected chi connectivity index (χ0v) is 13.4. The third-order valence-electron chi connectivity index (χ3n) is 2.98. The van der Waals surface area contributed by atoms with Crippen molar-refractivity contribution >= 4 is 34.3 Å². The lowest BCUT2D eigenvalue weighted by Crippen LogP contribution is -2.37. The molecular formula is C13H19BrClNO2. The van der Waals surface area contributed by atoms with Crippen molar-refractivity contribution in [2.75, 3.05) is 7.11 Å². The van der Waals surface area contributed by atoms with E-state index in [1.54, 1.807) is 13.8 Å². The van der Waals surface area contributed by atoms with Crippen molar-refractivity contribution in [2.24, 2.45) is 11.1 Å². The minimum Gasteiger partial charge on any atom is -0.469 e. The normalized spacial score (nSPS) is 12.6. The molecule has 0 fully saturated rings. The van der Waals surface area contributed by atoms with Gasteiger partial charge in [0, 0.05) is 10.5 Å². The second kappa shape index (κ2) is 6.55. The van der Waals surface area contributed by atoms with Crippen LogP contribution < -0.4 is 5.73 Å². The van der Waals surface area contributed by atoms with Gasteiger partial charge in [-0.05, 0) is 38.0 Å². The molecule has 0 unspecified atom stereocenters. The van der Waals surface area contributed by atoms with E-state index in [0.717, 1.165) is 15.6 Å². The minimum absolute atomic E-state index is 0. The summed E-state index contributed by atoms with van der Waals surface area (Å²) in [5.74, 6) is -0.308. The van der Waals surface area contributed by atoms with Crippen molar-refractivity contribution in [1.82, 2.24) is 0 Å². The van der Waals surface area contributed by atoms with E-state index in [1.807, 2.05) is 25.1 Å². The molecule has 102 valence electrons. The first-order valence-corrected chi connectivity index (χ1v) is 6.20. The summed E-state index contributed by atoms with van der Waals surface area (Å²) in [7, 11) is 1.38. The maximum Gasteiger partial charge on any atom is 0.313 e. The fourth-order valence-corrected chi connectivity index (χ4v) is 2.40. The first kappa shape index (κ1) is 17.4. The fraction of sp³-hybridized carbons (Fsp3) is 0.462. The number of nitrogens with two attached hydrogens (primary N) is 1. The molecular weight excluding hydrogens is 318 g/mol. The van der Waals surface area contributed by atoms with E-state index in [0.29, 0.717) is 0 Å². The Hall–Kier alpha value is -0.580. The van der Waals surface area contributed by atoms with Gasteiger partial charge in [-0.1, -0.05) is 28.1 Å². The smallest absolute Gasteiger partial charge is 0.313 e. The van der Waals surface area contributed by atoms with E-state index in [2.05, 4.69) is 15.9 Å². The van der Waals surface area contributed by atoms with E-state index in [4.69, 9.17) is 10.5 Å². The van der Waals surface area contributed by atoms with Crippen LogP contribution in [0.1, 0.15) is 31.0 Å². The van der Waals surface area contributed by atoms with Crippen LogP contribution in [-0.4, -0.2) is 13.1 Å². The van der Waals surface area contributed by atoms with Crippen LogP contribution in [0.2, 0.25) is 0 Å². The lowest BCUT2D eigenvalue weighted by atomic mass is 9.81. The number of methoxy groups -OCH3 is 1. The highest BCUT2D eigenvalue weighted by Gasteiger charge is 2.37. The highest BCUT2D eigenvalue weighted by atomic mass is 79.9. The fourth-order valence-electron chi connectivity index (χ4n) is 1.66. The Bertz CT molecular complexity index is 435. The highest BCUT2D eigenvalue weighted by molar-refractivity contribution is 9.10. The van der Waals surface area contributed by atoms with Gasteiger partial charge < -0.3 is 10.5 Å². The van der Waals surface area contributed by atoms with Crippen LogP contribution in [0.3, 0.4) is 0 Å². The van der Waals surface area contributed by atoms with Gasteiger partial charge in [0.25, 0.3) is 0 Å². The molecule has 0 aliphatic carbocycles. The summed E-state index contributed by atoms with van der Waals surface area (Å²) in [4.78, 5) is 11.7. The van der Waals surface area contributed by atoms with Crippen LogP contribution in [0.25, 0.3) is 0 Å². The first-order chi connectivity index (χ1) is 7.80. The molecule has 0 aliphatic rings. The number of carbonyl (C=O) groups excluding carboxylic acids is 1. The number of ether oxygens (including phenoxy) is 1. The van der Waals surface area contributed by atoms with Gasteiger partial charge in [0.1, 0.15) is 0 Å². The highest BCUT2D eigenvalue weighted by Crippen LogP contribution is 2.36. The molecule has 0 heterocycles. The van der Waals surface area contributed by atoms with E-state index in [9.17, 15) is 4.79 Å². The van der Waals surface area contributed by atoms with Crippen LogP contribution >= 0.6 is 28.3 Å². The molecule has 2 N–H and O–H groups in total. The minimum atomic E-state index is -0.757. The summed E-state index contributed by atoms with van der Waals surface area (Å²) in [6.45, 7) is 5.58. The van der Waals surface area contributed by atoms with Crippen LogP contribution in [0, 0.1) is 12.3 Å². The molecule has 1 aromatic rings. The predicted octanol–water partition coefficient (Wildman–Crippen LogP) is 3.38. The van der Waals surface area contributed by atoms with Crippen molar-refractivity contribution in [1.29, 1.82) is 0 Å². The third kappa shape index (κ3) is 3.46. The van der Waals surface area contributed by atoms with Crippen LogP contribution in [-0.2, 0) is 9.53 Å². The number of esters is 1. The average Bonchev–Trinajstić information content (AvgIpc) is 2.27. The Morgan fingerprint density at radius 3 is 2.44 bits per heavy atom. The van der Waals surface area contributed by atoms with Gasteiger partial charge in [0.2, 0.25) is 0 Å². The first-order valence-electron chi connectivity index (χ1n) is 5.40. The van der Waals surface area contributed by atoms with E-state index in [-0.39, 0.29) is 18.4 Å². The molecule has 1 atom stereocenters. The number of hydrogen-bond acceptors (Lipinski definition) is 3. The maximum absolute atomic E-state index is 11.7. The monoisotopic (exact) mass is 335 g/mol. The summed E-state index contributed by atoms with van der Waals surface area (Å²) >= 11 is 3.48. The third-order valence-corrected chi connectivity index (χ3v) is 3.67. The van der Waals surface area contributed by atoms with E-state index >= 15 is 0 Å². The zero-order chi connectivity index (χ0) is 13.2. The molecule has 0 aromatic heterocycles. The largest absolute Gasteiger partial charge is 0.469 e. The quantitative estimate of drug-likeness (QED) is 0.861. The zero-order valence-electron chi connectivity index (χ0n) is 11.0. The molecule has 0 amide bonds. The average molecular weight is 337 g/mol. The van der Waals surface area contributed by atoms with Crippen molar-refractivity contribution < 1.29 is 9.53 Å². The topological polar surface area (TPSA) is 52.3 Å². The molecule has 3 nitrogen and oxygen atoms in total. The summed E-state index contributed by atoms with van der Waals surface area (Å²) in [6.07, 6.45) is 0. The van der Waals surface area contributed by atoms with Gasteiger partial charge in [-0.3, -0.25) is 4.79 Å². The number of halogens is 2. The number of benzene rings is 1. The van der Waals surface area contributed by atoms with Crippen molar-refractivity contribution in [3.63, 3.8) is 0 Å². The molecule has 5 heteroatoms. The Morgan fingerprint density at radius 1 is 1.44 bits per heavy atom. The second-order valence-corrected chi connectivity index (χ2v) is 5.57. The van der Waals surface area contributed by atoms with Gasteiger partial charge in [0.05, 0.1) is 12.5 Å². The lowest BCUT2D eigenvalue weighted by Gasteiger charge is -2.29. The number of carbonyl (C=O) groups is 1.